The Morgan fingerprint density at radius 1 is 1.26 bits per heavy atom. The first-order valence-corrected chi connectivity index (χ1v) is 8.98. The minimum Gasteiger partial charge on any atom is -0.422 e. The van der Waals surface area contributed by atoms with Crippen molar-refractivity contribution in [2.45, 2.75) is 12.8 Å². The summed E-state index contributed by atoms with van der Waals surface area (Å²) in [4.78, 5) is 0. The molecule has 2 aromatic carbocycles. The number of para-hydroxylation sites is 1. The minimum atomic E-state index is -0.492. The molecule has 0 amide bonds. The first kappa shape index (κ1) is 17.3. The second-order valence-corrected chi connectivity index (χ2v) is 7.00. The van der Waals surface area contributed by atoms with E-state index in [0.717, 1.165) is 16.8 Å². The molecular formula is C20H14BrFN4O. The third-order valence-corrected chi connectivity index (χ3v) is 5.12. The highest BCUT2D eigenvalue weighted by Gasteiger charge is 2.36. The number of nitriles is 1. The predicted octanol–water partition coefficient (Wildman–Crippen LogP) is 4.30. The Morgan fingerprint density at radius 3 is 2.67 bits per heavy atom. The van der Waals surface area contributed by atoms with Crippen molar-refractivity contribution in [1.29, 1.82) is 5.26 Å². The summed E-state index contributed by atoms with van der Waals surface area (Å²) >= 11 is 3.21. The largest absolute Gasteiger partial charge is 0.422 e. The van der Waals surface area contributed by atoms with Crippen molar-refractivity contribution in [3.05, 3.63) is 87.1 Å². The molecule has 0 radical (unpaired) electrons. The second kappa shape index (κ2) is 6.56. The van der Waals surface area contributed by atoms with Crippen LogP contribution in [0.4, 0.5) is 4.39 Å². The standard InChI is InChI=1S/C20H14BrFN4O/c1-11-17-18(12-7-8-16(22)15(21)9-12)14(10-23)19(24)27-20(17)26(25-11)13-5-3-2-4-6-13/h2-9,18H,24H2,1H3/t18-/m0/s1. The van der Waals surface area contributed by atoms with Crippen LogP contribution < -0.4 is 10.5 Å². The van der Waals surface area contributed by atoms with Crippen LogP contribution in [0.1, 0.15) is 22.7 Å². The van der Waals surface area contributed by atoms with Gasteiger partial charge in [0, 0.05) is 0 Å². The van der Waals surface area contributed by atoms with Crippen molar-refractivity contribution >= 4 is 15.9 Å². The summed E-state index contributed by atoms with van der Waals surface area (Å²) in [5.41, 5.74) is 9.32. The predicted molar refractivity (Wildman–Crippen MR) is 102 cm³/mol. The molecule has 0 aliphatic carbocycles. The maximum atomic E-state index is 13.7. The number of nitrogens with two attached hydrogens (primary N) is 1. The molecule has 1 atom stereocenters. The van der Waals surface area contributed by atoms with E-state index in [1.807, 2.05) is 37.3 Å². The lowest BCUT2D eigenvalue weighted by atomic mass is 9.84. The molecule has 134 valence electrons. The lowest BCUT2D eigenvalue weighted by Crippen LogP contribution is -2.22. The topological polar surface area (TPSA) is 76.9 Å². The maximum absolute atomic E-state index is 13.7. The van der Waals surface area contributed by atoms with E-state index in [4.69, 9.17) is 10.5 Å². The average Bonchev–Trinajstić information content (AvgIpc) is 2.99. The molecule has 5 nitrogen and oxygen atoms in total. The van der Waals surface area contributed by atoms with Crippen molar-refractivity contribution in [3.8, 4) is 17.6 Å². The fourth-order valence-corrected chi connectivity index (χ4v) is 3.68. The van der Waals surface area contributed by atoms with E-state index >= 15 is 0 Å². The van der Waals surface area contributed by atoms with Crippen LogP contribution in [-0.2, 0) is 0 Å². The number of allylic oxidation sites excluding steroid dienone is 1. The van der Waals surface area contributed by atoms with Crippen LogP contribution in [0.5, 0.6) is 5.88 Å². The van der Waals surface area contributed by atoms with Crippen LogP contribution in [0.25, 0.3) is 5.69 Å². The lowest BCUT2D eigenvalue weighted by molar-refractivity contribution is 0.367. The molecule has 1 aliphatic rings. The zero-order chi connectivity index (χ0) is 19.1. The molecule has 0 saturated carbocycles. The van der Waals surface area contributed by atoms with Crippen molar-refractivity contribution in [1.82, 2.24) is 9.78 Å². The fourth-order valence-electron chi connectivity index (χ4n) is 3.28. The minimum absolute atomic E-state index is 0.0209. The van der Waals surface area contributed by atoms with Gasteiger partial charge in [0.15, 0.2) is 0 Å². The Hall–Kier alpha value is -3.11. The van der Waals surface area contributed by atoms with Gasteiger partial charge in [-0.3, -0.25) is 0 Å². The molecule has 7 heteroatoms. The van der Waals surface area contributed by atoms with Gasteiger partial charge >= 0.3 is 0 Å². The quantitative estimate of drug-likeness (QED) is 0.664. The van der Waals surface area contributed by atoms with E-state index in [1.54, 1.807) is 16.8 Å². The van der Waals surface area contributed by atoms with Gasteiger partial charge in [-0.15, -0.1) is 0 Å². The number of aromatic nitrogens is 2. The van der Waals surface area contributed by atoms with E-state index in [9.17, 15) is 9.65 Å². The zero-order valence-electron chi connectivity index (χ0n) is 14.3. The summed E-state index contributed by atoms with van der Waals surface area (Å²) in [6, 6.07) is 16.3. The van der Waals surface area contributed by atoms with Gasteiger partial charge in [0.2, 0.25) is 11.8 Å². The number of benzene rings is 2. The molecule has 1 aliphatic heterocycles. The Bertz CT molecular complexity index is 1120. The third kappa shape index (κ3) is 2.78. The average molecular weight is 425 g/mol. The molecule has 4 rings (SSSR count). The van der Waals surface area contributed by atoms with Crippen LogP contribution >= 0.6 is 15.9 Å². The normalized spacial score (nSPS) is 15.9. The maximum Gasteiger partial charge on any atom is 0.229 e. The van der Waals surface area contributed by atoms with E-state index in [2.05, 4.69) is 27.1 Å². The van der Waals surface area contributed by atoms with Gasteiger partial charge in [-0.25, -0.2) is 9.07 Å². The highest BCUT2D eigenvalue weighted by Crippen LogP contribution is 2.45. The molecule has 2 heterocycles. The second-order valence-electron chi connectivity index (χ2n) is 6.15. The lowest BCUT2D eigenvalue weighted by Gasteiger charge is -2.25. The molecule has 0 fully saturated rings. The molecule has 27 heavy (non-hydrogen) atoms. The summed E-state index contributed by atoms with van der Waals surface area (Å²) in [6.07, 6.45) is 0. The van der Waals surface area contributed by atoms with E-state index in [0.29, 0.717) is 16.0 Å². The van der Waals surface area contributed by atoms with Crippen molar-refractivity contribution in [2.75, 3.05) is 0 Å². The van der Waals surface area contributed by atoms with Gasteiger partial charge in [0.05, 0.1) is 27.3 Å². The number of aryl methyl sites for hydroxylation is 1. The van der Waals surface area contributed by atoms with Crippen molar-refractivity contribution < 1.29 is 9.13 Å². The molecule has 3 aromatic rings. The van der Waals surface area contributed by atoms with E-state index in [1.165, 1.54) is 6.07 Å². The van der Waals surface area contributed by atoms with Crippen LogP contribution in [0.15, 0.2) is 64.5 Å². The van der Waals surface area contributed by atoms with Gasteiger partial charge in [-0.1, -0.05) is 24.3 Å². The first-order chi connectivity index (χ1) is 13.0. The number of fused-ring (bicyclic) bond motifs is 1. The van der Waals surface area contributed by atoms with Crippen molar-refractivity contribution in [2.24, 2.45) is 5.73 Å². The highest BCUT2D eigenvalue weighted by molar-refractivity contribution is 9.10. The van der Waals surface area contributed by atoms with Crippen LogP contribution in [0.3, 0.4) is 0 Å². The highest BCUT2D eigenvalue weighted by atomic mass is 79.9. The molecule has 0 bridgehead atoms. The van der Waals surface area contributed by atoms with Crippen molar-refractivity contribution in [3.63, 3.8) is 0 Å². The molecular weight excluding hydrogens is 411 g/mol. The van der Waals surface area contributed by atoms with Gasteiger partial charge < -0.3 is 10.5 Å². The summed E-state index contributed by atoms with van der Waals surface area (Å²) in [7, 11) is 0. The molecule has 0 spiro atoms. The monoisotopic (exact) mass is 424 g/mol. The Kier molecular flexibility index (Phi) is 4.21. The molecule has 0 unspecified atom stereocenters. The van der Waals surface area contributed by atoms with Crippen LogP contribution in [-0.4, -0.2) is 9.78 Å². The van der Waals surface area contributed by atoms with Crippen LogP contribution in [0.2, 0.25) is 0 Å². The van der Waals surface area contributed by atoms with Gasteiger partial charge in [-0.05, 0) is 52.7 Å². The van der Waals surface area contributed by atoms with E-state index < -0.39 is 5.92 Å². The number of halogens is 2. The molecule has 0 saturated heterocycles. The SMILES string of the molecule is Cc1nn(-c2ccccc2)c2c1[C@@H](c1ccc(F)c(Br)c1)C(C#N)=C(N)O2. The summed E-state index contributed by atoms with van der Waals surface area (Å²) in [5, 5.41) is 14.3. The number of ether oxygens (including phenoxy) is 1. The Labute approximate surface area is 163 Å². The first-order valence-electron chi connectivity index (χ1n) is 8.18. The summed E-state index contributed by atoms with van der Waals surface area (Å²) < 4.78 is 21.5. The fraction of sp³-hybridized carbons (Fsp3) is 0.100. The van der Waals surface area contributed by atoms with Gasteiger partial charge in [-0.2, -0.15) is 10.4 Å². The molecule has 2 N–H and O–H groups in total. The number of hydrogen-bond acceptors (Lipinski definition) is 4. The number of hydrogen-bond donors (Lipinski definition) is 1. The smallest absolute Gasteiger partial charge is 0.229 e. The number of nitrogens with zero attached hydrogens (tertiary/aromatic N) is 3. The number of rotatable bonds is 2. The Morgan fingerprint density at radius 2 is 2.00 bits per heavy atom. The summed E-state index contributed by atoms with van der Waals surface area (Å²) in [5.74, 6) is -0.389. The van der Waals surface area contributed by atoms with E-state index in [-0.39, 0.29) is 17.3 Å². The third-order valence-electron chi connectivity index (χ3n) is 4.51. The Balaban J connectivity index is 1.97. The van der Waals surface area contributed by atoms with Crippen LogP contribution in [0, 0.1) is 24.1 Å². The van der Waals surface area contributed by atoms with Gasteiger partial charge in [0.25, 0.3) is 0 Å². The molecule has 1 aromatic heterocycles. The summed E-state index contributed by atoms with van der Waals surface area (Å²) in [6.45, 7) is 1.85. The zero-order valence-corrected chi connectivity index (χ0v) is 15.9. The van der Waals surface area contributed by atoms with Gasteiger partial charge in [0.1, 0.15) is 17.5 Å².